The summed E-state index contributed by atoms with van der Waals surface area (Å²) in [5, 5.41) is 3.07. The molecule has 0 saturated heterocycles. The van der Waals surface area contributed by atoms with Crippen LogP contribution in [0.5, 0.6) is 11.5 Å². The second kappa shape index (κ2) is 9.57. The predicted octanol–water partition coefficient (Wildman–Crippen LogP) is 4.49. The molecule has 0 spiro atoms. The lowest BCUT2D eigenvalue weighted by atomic mass is 10.0. The van der Waals surface area contributed by atoms with Crippen LogP contribution in [0.15, 0.2) is 103 Å². The van der Waals surface area contributed by atoms with Gasteiger partial charge < -0.3 is 15.8 Å². The van der Waals surface area contributed by atoms with Gasteiger partial charge in [0, 0.05) is 17.3 Å². The van der Waals surface area contributed by atoms with Gasteiger partial charge in [-0.05, 0) is 66.2 Å². The van der Waals surface area contributed by atoms with Crippen LogP contribution in [0.4, 0.5) is 0 Å². The molecule has 1 atom stereocenters. The third-order valence-corrected chi connectivity index (χ3v) is 4.88. The van der Waals surface area contributed by atoms with E-state index in [9.17, 15) is 9.59 Å². The predicted molar refractivity (Wildman–Crippen MR) is 121 cm³/mol. The number of pyridine rings is 1. The smallest absolute Gasteiger partial charge is 0.252 e. The van der Waals surface area contributed by atoms with Crippen molar-refractivity contribution in [1.29, 1.82) is 0 Å². The Bertz CT molecular complexity index is 1150. The molecule has 1 unspecified atom stereocenters. The first-order valence-corrected chi connectivity index (χ1v) is 10.0. The fourth-order valence-electron chi connectivity index (χ4n) is 3.23. The van der Waals surface area contributed by atoms with E-state index in [1.54, 1.807) is 54.7 Å². The lowest BCUT2D eigenvalue weighted by Crippen LogP contribution is -2.29. The molecule has 0 fully saturated rings. The molecule has 3 aromatic carbocycles. The minimum Gasteiger partial charge on any atom is -0.457 e. The highest BCUT2D eigenvalue weighted by Crippen LogP contribution is 2.24. The van der Waals surface area contributed by atoms with Crippen LogP contribution < -0.4 is 15.8 Å². The largest absolute Gasteiger partial charge is 0.457 e. The lowest BCUT2D eigenvalue weighted by Gasteiger charge is -2.19. The molecule has 2 amide bonds. The van der Waals surface area contributed by atoms with Crippen molar-refractivity contribution >= 4 is 11.8 Å². The van der Waals surface area contributed by atoms with E-state index in [0.29, 0.717) is 22.6 Å². The highest BCUT2D eigenvalue weighted by atomic mass is 16.5. The van der Waals surface area contributed by atoms with Gasteiger partial charge in [0.1, 0.15) is 11.5 Å². The number of nitrogens with one attached hydrogen (secondary N) is 1. The number of amides is 2. The summed E-state index contributed by atoms with van der Waals surface area (Å²) in [6, 6.07) is 28.3. The lowest BCUT2D eigenvalue weighted by molar-refractivity contribution is 0.0941. The average molecular weight is 423 g/mol. The van der Waals surface area contributed by atoms with E-state index in [1.807, 2.05) is 48.5 Å². The Labute approximate surface area is 185 Å². The van der Waals surface area contributed by atoms with Crippen LogP contribution in [-0.2, 0) is 0 Å². The molecule has 4 aromatic rings. The van der Waals surface area contributed by atoms with Crippen molar-refractivity contribution in [3.63, 3.8) is 0 Å². The van der Waals surface area contributed by atoms with Gasteiger partial charge in [-0.1, -0.05) is 36.4 Å². The van der Waals surface area contributed by atoms with Gasteiger partial charge in [-0.3, -0.25) is 14.6 Å². The molecule has 0 aliphatic heterocycles. The highest BCUT2D eigenvalue weighted by molar-refractivity contribution is 5.95. The first kappa shape index (κ1) is 20.8. The Morgan fingerprint density at radius 2 is 1.34 bits per heavy atom. The topological polar surface area (TPSA) is 94.3 Å². The van der Waals surface area contributed by atoms with E-state index in [0.717, 1.165) is 11.3 Å². The van der Waals surface area contributed by atoms with Gasteiger partial charge in [0.25, 0.3) is 5.91 Å². The Hall–Kier alpha value is -4.45. The Morgan fingerprint density at radius 3 is 1.91 bits per heavy atom. The number of nitrogens with two attached hydrogens (primary N) is 1. The van der Waals surface area contributed by atoms with Crippen LogP contribution in [0.1, 0.15) is 38.0 Å². The number of hydrogen-bond donors (Lipinski definition) is 2. The number of rotatable bonds is 7. The van der Waals surface area contributed by atoms with Crippen LogP contribution >= 0.6 is 0 Å². The van der Waals surface area contributed by atoms with Crippen molar-refractivity contribution in [2.45, 2.75) is 6.04 Å². The van der Waals surface area contributed by atoms with E-state index < -0.39 is 5.91 Å². The monoisotopic (exact) mass is 423 g/mol. The molecular formula is C26H21N3O3. The summed E-state index contributed by atoms with van der Waals surface area (Å²) >= 11 is 0. The van der Waals surface area contributed by atoms with Crippen LogP contribution in [0, 0.1) is 0 Å². The van der Waals surface area contributed by atoms with E-state index in [1.165, 1.54) is 0 Å². The SMILES string of the molecule is NC(=O)c1ccc(Oc2ccc(C(=O)NC(c3ccccc3)c3ccccn3)cc2)cc1. The maximum Gasteiger partial charge on any atom is 0.252 e. The van der Waals surface area contributed by atoms with E-state index in [-0.39, 0.29) is 11.9 Å². The third kappa shape index (κ3) is 4.99. The summed E-state index contributed by atoms with van der Waals surface area (Å²) < 4.78 is 5.77. The second-order valence-corrected chi connectivity index (χ2v) is 7.09. The van der Waals surface area contributed by atoms with Crippen molar-refractivity contribution in [2.24, 2.45) is 5.73 Å². The summed E-state index contributed by atoms with van der Waals surface area (Å²) in [5.74, 6) is 0.414. The third-order valence-electron chi connectivity index (χ3n) is 4.88. The molecule has 6 heteroatoms. The molecule has 1 aromatic heterocycles. The molecule has 0 bridgehead atoms. The maximum atomic E-state index is 12.9. The number of hydrogen-bond acceptors (Lipinski definition) is 4. The number of aromatic nitrogens is 1. The molecule has 32 heavy (non-hydrogen) atoms. The molecule has 4 rings (SSSR count). The molecule has 3 N–H and O–H groups in total. The van der Waals surface area contributed by atoms with Crippen LogP contribution in [-0.4, -0.2) is 16.8 Å². The summed E-state index contributed by atoms with van der Waals surface area (Å²) in [5.41, 5.74) is 7.85. The van der Waals surface area contributed by atoms with Crippen LogP contribution in [0.25, 0.3) is 0 Å². The van der Waals surface area contributed by atoms with Gasteiger partial charge in [0.15, 0.2) is 0 Å². The number of carbonyl (C=O) groups is 2. The van der Waals surface area contributed by atoms with Crippen LogP contribution in [0.2, 0.25) is 0 Å². The van der Waals surface area contributed by atoms with Gasteiger partial charge in [-0.2, -0.15) is 0 Å². The van der Waals surface area contributed by atoms with Gasteiger partial charge in [0.05, 0.1) is 11.7 Å². The zero-order chi connectivity index (χ0) is 22.3. The number of primary amides is 1. The molecule has 6 nitrogen and oxygen atoms in total. The zero-order valence-corrected chi connectivity index (χ0v) is 17.1. The van der Waals surface area contributed by atoms with Crippen molar-refractivity contribution in [1.82, 2.24) is 10.3 Å². The summed E-state index contributed by atoms with van der Waals surface area (Å²) in [4.78, 5) is 28.5. The molecule has 1 heterocycles. The Morgan fingerprint density at radius 1 is 0.750 bits per heavy atom. The molecule has 0 saturated carbocycles. The van der Waals surface area contributed by atoms with Crippen LogP contribution in [0.3, 0.4) is 0 Å². The first-order chi connectivity index (χ1) is 15.6. The molecule has 158 valence electrons. The van der Waals surface area contributed by atoms with Crippen molar-refractivity contribution in [3.05, 3.63) is 126 Å². The standard InChI is InChI=1S/C26H21N3O3/c27-25(30)19-9-13-21(14-10-19)32-22-15-11-20(12-16-22)26(31)29-24(18-6-2-1-3-7-18)23-8-4-5-17-28-23/h1-17,24H,(H2,27,30)(H,29,31). The van der Waals surface area contributed by atoms with Crippen molar-refractivity contribution < 1.29 is 14.3 Å². The number of ether oxygens (including phenoxy) is 1. The molecular weight excluding hydrogens is 402 g/mol. The van der Waals surface area contributed by atoms with Crippen molar-refractivity contribution in [2.75, 3.05) is 0 Å². The van der Waals surface area contributed by atoms with Gasteiger partial charge in [0.2, 0.25) is 5.91 Å². The minimum atomic E-state index is -0.494. The highest BCUT2D eigenvalue weighted by Gasteiger charge is 2.18. The number of carbonyl (C=O) groups excluding carboxylic acids is 2. The molecule has 0 aliphatic carbocycles. The van der Waals surface area contributed by atoms with E-state index >= 15 is 0 Å². The first-order valence-electron chi connectivity index (χ1n) is 10.0. The number of benzene rings is 3. The number of nitrogens with zero attached hydrogens (tertiary/aromatic N) is 1. The minimum absolute atomic E-state index is 0.220. The normalized spacial score (nSPS) is 11.4. The van der Waals surface area contributed by atoms with Gasteiger partial charge >= 0.3 is 0 Å². The van der Waals surface area contributed by atoms with E-state index in [2.05, 4.69) is 10.3 Å². The Kier molecular flexibility index (Phi) is 6.22. The van der Waals surface area contributed by atoms with Gasteiger partial charge in [-0.15, -0.1) is 0 Å². The second-order valence-electron chi connectivity index (χ2n) is 7.09. The fourth-order valence-corrected chi connectivity index (χ4v) is 3.23. The summed E-state index contributed by atoms with van der Waals surface area (Å²) in [7, 11) is 0. The maximum absolute atomic E-state index is 12.9. The molecule has 0 aliphatic rings. The summed E-state index contributed by atoms with van der Waals surface area (Å²) in [6.07, 6.45) is 1.71. The van der Waals surface area contributed by atoms with Crippen molar-refractivity contribution in [3.8, 4) is 11.5 Å². The quantitative estimate of drug-likeness (QED) is 0.458. The van der Waals surface area contributed by atoms with Gasteiger partial charge in [-0.25, -0.2) is 0 Å². The average Bonchev–Trinajstić information content (AvgIpc) is 2.84. The zero-order valence-electron chi connectivity index (χ0n) is 17.1. The fraction of sp³-hybridized carbons (Fsp3) is 0.0385. The molecule has 0 radical (unpaired) electrons. The Balaban J connectivity index is 1.48. The van der Waals surface area contributed by atoms with E-state index in [4.69, 9.17) is 10.5 Å². The summed E-state index contributed by atoms with van der Waals surface area (Å²) in [6.45, 7) is 0.